The highest BCUT2D eigenvalue weighted by atomic mass is 28.4. The SMILES string of the molecule is CC(CCCC(=O)O)(O[Si](C)(C)C)c1ccc(F)cc1. The minimum absolute atomic E-state index is 0.117. The van der Waals surface area contributed by atoms with Crippen molar-refractivity contribution in [2.75, 3.05) is 0 Å². The van der Waals surface area contributed by atoms with Crippen LogP contribution in [0.4, 0.5) is 4.39 Å². The molecular formula is C15H23FO3Si. The third kappa shape index (κ3) is 5.42. The van der Waals surface area contributed by atoms with Gasteiger partial charge in [0.1, 0.15) is 5.82 Å². The first-order valence-electron chi connectivity index (χ1n) is 6.80. The average molecular weight is 298 g/mol. The molecule has 1 unspecified atom stereocenters. The molecule has 0 aromatic heterocycles. The molecule has 1 aromatic carbocycles. The molecule has 0 spiro atoms. The molecule has 20 heavy (non-hydrogen) atoms. The van der Waals surface area contributed by atoms with Crippen molar-refractivity contribution >= 4 is 14.3 Å². The third-order valence-electron chi connectivity index (χ3n) is 3.03. The van der Waals surface area contributed by atoms with E-state index in [1.165, 1.54) is 12.1 Å². The second-order valence-electron chi connectivity index (χ2n) is 6.20. The summed E-state index contributed by atoms with van der Waals surface area (Å²) in [5.74, 6) is -1.09. The maximum absolute atomic E-state index is 13.1. The molecule has 3 nitrogen and oxygen atoms in total. The molecule has 1 aromatic rings. The van der Waals surface area contributed by atoms with E-state index < -0.39 is 19.9 Å². The van der Waals surface area contributed by atoms with E-state index in [0.29, 0.717) is 12.8 Å². The first kappa shape index (κ1) is 16.9. The maximum Gasteiger partial charge on any atom is 0.303 e. The van der Waals surface area contributed by atoms with Crippen LogP contribution in [0.5, 0.6) is 0 Å². The lowest BCUT2D eigenvalue weighted by Gasteiger charge is -2.37. The molecule has 0 aliphatic heterocycles. The van der Waals surface area contributed by atoms with Gasteiger partial charge >= 0.3 is 5.97 Å². The maximum atomic E-state index is 13.1. The van der Waals surface area contributed by atoms with Crippen molar-refractivity contribution < 1.29 is 18.7 Å². The molecule has 0 radical (unpaired) electrons. The molecule has 0 aliphatic rings. The highest BCUT2D eigenvalue weighted by molar-refractivity contribution is 6.69. The van der Waals surface area contributed by atoms with Gasteiger partial charge in [0.15, 0.2) is 8.32 Å². The van der Waals surface area contributed by atoms with E-state index in [9.17, 15) is 9.18 Å². The lowest BCUT2D eigenvalue weighted by molar-refractivity contribution is -0.137. The van der Waals surface area contributed by atoms with Crippen LogP contribution in [0.1, 0.15) is 31.7 Å². The second kappa shape index (κ2) is 6.50. The predicted octanol–water partition coefficient (Wildman–Crippen LogP) is 4.15. The number of hydrogen-bond donors (Lipinski definition) is 1. The predicted molar refractivity (Wildman–Crippen MR) is 79.7 cm³/mol. The summed E-state index contributed by atoms with van der Waals surface area (Å²) < 4.78 is 19.3. The Morgan fingerprint density at radius 1 is 1.30 bits per heavy atom. The van der Waals surface area contributed by atoms with E-state index in [1.54, 1.807) is 12.1 Å². The van der Waals surface area contributed by atoms with Gasteiger partial charge in [-0.2, -0.15) is 0 Å². The summed E-state index contributed by atoms with van der Waals surface area (Å²) in [5.41, 5.74) is 0.333. The zero-order chi connectivity index (χ0) is 15.4. The lowest BCUT2D eigenvalue weighted by atomic mass is 9.90. The Balaban J connectivity index is 2.93. The Morgan fingerprint density at radius 3 is 2.30 bits per heavy atom. The van der Waals surface area contributed by atoms with Gasteiger partial charge in [0.05, 0.1) is 5.60 Å². The Morgan fingerprint density at radius 2 is 1.85 bits per heavy atom. The monoisotopic (exact) mass is 298 g/mol. The minimum Gasteiger partial charge on any atom is -0.481 e. The number of hydrogen-bond acceptors (Lipinski definition) is 2. The number of carbonyl (C=O) groups is 1. The molecule has 1 rings (SSSR count). The number of carboxylic acid groups (broad SMARTS) is 1. The molecule has 0 fully saturated rings. The highest BCUT2D eigenvalue weighted by Gasteiger charge is 2.33. The Hall–Kier alpha value is -1.20. The van der Waals surface area contributed by atoms with Crippen LogP contribution >= 0.6 is 0 Å². The van der Waals surface area contributed by atoms with Crippen LogP contribution in [0.2, 0.25) is 19.6 Å². The average Bonchev–Trinajstić information content (AvgIpc) is 2.26. The highest BCUT2D eigenvalue weighted by Crippen LogP contribution is 2.34. The van der Waals surface area contributed by atoms with Gasteiger partial charge < -0.3 is 9.53 Å². The van der Waals surface area contributed by atoms with Crippen LogP contribution in [-0.4, -0.2) is 19.4 Å². The largest absolute Gasteiger partial charge is 0.481 e. The van der Waals surface area contributed by atoms with Crippen LogP contribution in [0.25, 0.3) is 0 Å². The van der Waals surface area contributed by atoms with Crippen LogP contribution in [0.15, 0.2) is 24.3 Å². The van der Waals surface area contributed by atoms with Crippen molar-refractivity contribution in [1.29, 1.82) is 0 Å². The standard InChI is InChI=1S/C15H23FO3Si/c1-15(19-20(2,3)4,11-5-6-14(17)18)12-7-9-13(16)10-8-12/h7-10H,5-6,11H2,1-4H3,(H,17,18). The van der Waals surface area contributed by atoms with E-state index in [2.05, 4.69) is 19.6 Å². The van der Waals surface area contributed by atoms with Crippen LogP contribution < -0.4 is 0 Å². The van der Waals surface area contributed by atoms with E-state index in [1.807, 2.05) is 6.92 Å². The van der Waals surface area contributed by atoms with Gasteiger partial charge in [-0.15, -0.1) is 0 Å². The van der Waals surface area contributed by atoms with Crippen molar-refractivity contribution in [3.63, 3.8) is 0 Å². The fourth-order valence-electron chi connectivity index (χ4n) is 2.31. The minimum atomic E-state index is -1.81. The summed E-state index contributed by atoms with van der Waals surface area (Å²) in [4.78, 5) is 10.7. The molecular weight excluding hydrogens is 275 g/mol. The van der Waals surface area contributed by atoms with Gasteiger partial charge in [-0.3, -0.25) is 4.79 Å². The molecule has 0 aliphatic carbocycles. The number of halogens is 1. The fourth-order valence-corrected chi connectivity index (χ4v) is 3.88. The quantitative estimate of drug-likeness (QED) is 0.769. The van der Waals surface area contributed by atoms with Crippen LogP contribution in [0.3, 0.4) is 0 Å². The molecule has 0 heterocycles. The molecule has 0 amide bonds. The second-order valence-corrected chi connectivity index (χ2v) is 10.6. The first-order valence-corrected chi connectivity index (χ1v) is 10.2. The lowest BCUT2D eigenvalue weighted by Crippen LogP contribution is -2.38. The van der Waals surface area contributed by atoms with Gasteiger partial charge in [0, 0.05) is 6.42 Å². The van der Waals surface area contributed by atoms with Gasteiger partial charge in [-0.1, -0.05) is 12.1 Å². The van der Waals surface area contributed by atoms with Crippen molar-refractivity contribution in [3.8, 4) is 0 Å². The summed E-state index contributed by atoms with van der Waals surface area (Å²) in [6.07, 6.45) is 1.26. The molecule has 1 N–H and O–H groups in total. The van der Waals surface area contributed by atoms with Gasteiger partial charge in [-0.05, 0) is 57.1 Å². The fraction of sp³-hybridized carbons (Fsp3) is 0.533. The molecule has 0 bridgehead atoms. The smallest absolute Gasteiger partial charge is 0.303 e. The molecule has 1 atom stereocenters. The Kier molecular flexibility index (Phi) is 5.47. The zero-order valence-electron chi connectivity index (χ0n) is 12.6. The Bertz CT molecular complexity index is 453. The number of rotatable bonds is 7. The Labute approximate surface area is 120 Å². The summed E-state index contributed by atoms with van der Waals surface area (Å²) in [6.45, 7) is 8.23. The van der Waals surface area contributed by atoms with Gasteiger partial charge in [0.2, 0.25) is 0 Å². The van der Waals surface area contributed by atoms with E-state index in [4.69, 9.17) is 9.53 Å². The molecule has 0 saturated heterocycles. The number of aliphatic carboxylic acids is 1. The first-order chi connectivity index (χ1) is 9.12. The van der Waals surface area contributed by atoms with E-state index in [-0.39, 0.29) is 12.2 Å². The summed E-state index contributed by atoms with van der Waals surface area (Å²) in [7, 11) is -1.81. The van der Waals surface area contributed by atoms with Crippen LogP contribution in [-0.2, 0) is 14.8 Å². The normalized spacial score (nSPS) is 14.8. The number of carboxylic acids is 1. The molecule has 0 saturated carbocycles. The van der Waals surface area contributed by atoms with Crippen molar-refractivity contribution in [3.05, 3.63) is 35.6 Å². The third-order valence-corrected chi connectivity index (χ3v) is 4.09. The van der Waals surface area contributed by atoms with Crippen LogP contribution in [0, 0.1) is 5.82 Å². The van der Waals surface area contributed by atoms with Crippen molar-refractivity contribution in [2.24, 2.45) is 0 Å². The summed E-state index contributed by atoms with van der Waals surface area (Å²) >= 11 is 0. The summed E-state index contributed by atoms with van der Waals surface area (Å²) in [6, 6.07) is 6.27. The topological polar surface area (TPSA) is 46.5 Å². The zero-order valence-corrected chi connectivity index (χ0v) is 13.6. The molecule has 112 valence electrons. The van der Waals surface area contributed by atoms with Gasteiger partial charge in [-0.25, -0.2) is 4.39 Å². The van der Waals surface area contributed by atoms with Crippen molar-refractivity contribution in [1.82, 2.24) is 0 Å². The van der Waals surface area contributed by atoms with Crippen molar-refractivity contribution in [2.45, 2.75) is 51.4 Å². The van der Waals surface area contributed by atoms with E-state index in [0.717, 1.165) is 5.56 Å². The summed E-state index contributed by atoms with van der Waals surface area (Å²) in [5, 5.41) is 8.77. The van der Waals surface area contributed by atoms with Gasteiger partial charge in [0.25, 0.3) is 0 Å². The van der Waals surface area contributed by atoms with E-state index >= 15 is 0 Å². The molecule has 5 heteroatoms. The number of benzene rings is 1.